The van der Waals surface area contributed by atoms with Crippen molar-refractivity contribution in [2.24, 2.45) is 0 Å². The van der Waals surface area contributed by atoms with Gasteiger partial charge < -0.3 is 15.3 Å². The van der Waals surface area contributed by atoms with E-state index in [1.165, 1.54) is 11.1 Å². The van der Waals surface area contributed by atoms with Crippen LogP contribution in [-0.2, 0) is 17.8 Å². The minimum atomic E-state index is -1.32. The quantitative estimate of drug-likeness (QED) is 0.530. The average molecular weight is 467 g/mol. The number of anilines is 1. The van der Waals surface area contributed by atoms with Crippen molar-refractivity contribution in [3.63, 3.8) is 0 Å². The summed E-state index contributed by atoms with van der Waals surface area (Å²) >= 11 is 0. The van der Waals surface area contributed by atoms with Crippen LogP contribution in [0.1, 0.15) is 33.2 Å². The summed E-state index contributed by atoms with van der Waals surface area (Å²) in [6.45, 7) is 0.445. The first-order valence-corrected chi connectivity index (χ1v) is 10.3. The summed E-state index contributed by atoms with van der Waals surface area (Å²) in [4.78, 5) is 46.6. The lowest BCUT2D eigenvalue weighted by Gasteiger charge is -2.31. The molecule has 1 aliphatic heterocycles. The number of fused-ring (bicyclic) bond motifs is 1. The molecule has 1 aromatic heterocycles. The van der Waals surface area contributed by atoms with E-state index < -0.39 is 35.6 Å². The van der Waals surface area contributed by atoms with Gasteiger partial charge in [-0.05, 0) is 23.8 Å². The molecule has 1 aliphatic rings. The number of benzene rings is 2. The maximum atomic E-state index is 13.4. The van der Waals surface area contributed by atoms with Crippen LogP contribution in [0.4, 0.5) is 19.5 Å². The van der Waals surface area contributed by atoms with Crippen LogP contribution in [0.5, 0.6) is 0 Å². The second kappa shape index (κ2) is 9.61. The molecule has 2 aromatic carbocycles. The summed E-state index contributed by atoms with van der Waals surface area (Å²) < 4.78 is 26.5. The third-order valence-electron chi connectivity index (χ3n) is 5.30. The number of carbonyl (C=O) groups excluding carboxylic acids is 2. The van der Waals surface area contributed by atoms with Gasteiger partial charge in [-0.15, -0.1) is 0 Å². The molecule has 0 saturated heterocycles. The van der Waals surface area contributed by atoms with Gasteiger partial charge >= 0.3 is 6.09 Å². The van der Waals surface area contributed by atoms with E-state index in [-0.39, 0.29) is 24.6 Å². The van der Waals surface area contributed by atoms with Gasteiger partial charge in [0.25, 0.3) is 5.91 Å². The molecule has 34 heavy (non-hydrogen) atoms. The Hall–Kier alpha value is -4.41. The van der Waals surface area contributed by atoms with Crippen molar-refractivity contribution < 1.29 is 28.3 Å². The lowest BCUT2D eigenvalue weighted by atomic mass is 10.0. The van der Waals surface area contributed by atoms with Crippen molar-refractivity contribution in [3.05, 3.63) is 88.7 Å². The van der Waals surface area contributed by atoms with Gasteiger partial charge in [0, 0.05) is 36.8 Å². The highest BCUT2D eigenvalue weighted by atomic mass is 19.2. The molecule has 0 bridgehead atoms. The number of nitrogens with one attached hydrogen (secondary N) is 2. The van der Waals surface area contributed by atoms with Gasteiger partial charge in [0.2, 0.25) is 11.9 Å². The smallest absolute Gasteiger partial charge is 0.405 e. The average Bonchev–Trinajstić information content (AvgIpc) is 2.84. The first-order chi connectivity index (χ1) is 16.3. The van der Waals surface area contributed by atoms with Crippen molar-refractivity contribution in [2.45, 2.75) is 19.0 Å². The van der Waals surface area contributed by atoms with E-state index in [1.54, 1.807) is 30.3 Å². The zero-order valence-electron chi connectivity index (χ0n) is 17.7. The topological polar surface area (TPSA) is 125 Å². The maximum absolute atomic E-state index is 13.4. The second-order valence-electron chi connectivity index (χ2n) is 7.55. The predicted octanol–water partition coefficient (Wildman–Crippen LogP) is 2.90. The molecule has 11 heteroatoms. The number of hydrogen-bond donors (Lipinski definition) is 3. The molecule has 0 saturated carbocycles. The highest BCUT2D eigenvalue weighted by molar-refractivity contribution is 6.03. The Kier molecular flexibility index (Phi) is 6.44. The monoisotopic (exact) mass is 467 g/mol. The SMILES string of the molecule is O=C(O)NC(C(=O)N1CCc2nc(NC(=O)c3ccc(F)c(F)c3)ncc2C1)c1ccccc1. The standard InChI is InChI=1S/C23H19F2N5O4/c24-16-7-6-14(10-17(16)25)20(31)29-22-26-11-15-12-30(9-8-18(15)27-22)21(32)19(28-23(33)34)13-4-2-1-3-5-13/h1-7,10-11,19,28H,8-9,12H2,(H,33,34)(H,26,27,29,31). The number of hydrogen-bond acceptors (Lipinski definition) is 5. The molecule has 2 heterocycles. The molecule has 174 valence electrons. The minimum Gasteiger partial charge on any atom is -0.465 e. The number of carbonyl (C=O) groups is 3. The number of carboxylic acid groups (broad SMARTS) is 1. The van der Waals surface area contributed by atoms with E-state index in [0.29, 0.717) is 23.2 Å². The van der Waals surface area contributed by atoms with Crippen LogP contribution < -0.4 is 10.6 Å². The van der Waals surface area contributed by atoms with Gasteiger partial charge in [0.15, 0.2) is 11.6 Å². The van der Waals surface area contributed by atoms with Crippen LogP contribution in [0.3, 0.4) is 0 Å². The summed E-state index contributed by atoms with van der Waals surface area (Å²) in [5, 5.41) is 13.9. The van der Waals surface area contributed by atoms with E-state index in [9.17, 15) is 28.3 Å². The number of amides is 3. The van der Waals surface area contributed by atoms with Crippen molar-refractivity contribution in [1.29, 1.82) is 0 Å². The van der Waals surface area contributed by atoms with Gasteiger partial charge in [-0.3, -0.25) is 14.9 Å². The van der Waals surface area contributed by atoms with Crippen LogP contribution >= 0.6 is 0 Å². The molecule has 0 spiro atoms. The highest BCUT2D eigenvalue weighted by Gasteiger charge is 2.30. The molecule has 1 atom stereocenters. The summed E-state index contributed by atoms with van der Waals surface area (Å²) in [7, 11) is 0. The van der Waals surface area contributed by atoms with E-state index in [1.807, 2.05) is 0 Å². The normalized spacial score (nSPS) is 13.5. The van der Waals surface area contributed by atoms with E-state index in [2.05, 4.69) is 20.6 Å². The Morgan fingerprint density at radius 1 is 1.06 bits per heavy atom. The summed E-state index contributed by atoms with van der Waals surface area (Å²) in [5.41, 5.74) is 1.69. The van der Waals surface area contributed by atoms with Crippen LogP contribution in [0.2, 0.25) is 0 Å². The zero-order valence-corrected chi connectivity index (χ0v) is 17.7. The molecule has 0 fully saturated rings. The Labute approximate surface area is 192 Å². The minimum absolute atomic E-state index is 0.0111. The van der Waals surface area contributed by atoms with Gasteiger partial charge in [-0.25, -0.2) is 23.5 Å². The van der Waals surface area contributed by atoms with Gasteiger partial charge in [0.1, 0.15) is 6.04 Å². The van der Waals surface area contributed by atoms with Gasteiger partial charge in [-0.2, -0.15) is 0 Å². The number of halogens is 2. The second-order valence-corrected chi connectivity index (χ2v) is 7.55. The Bertz CT molecular complexity index is 1260. The largest absolute Gasteiger partial charge is 0.465 e. The fourth-order valence-electron chi connectivity index (χ4n) is 3.61. The van der Waals surface area contributed by atoms with E-state index in [0.717, 1.165) is 18.2 Å². The molecule has 1 unspecified atom stereocenters. The number of nitrogens with zero attached hydrogens (tertiary/aromatic N) is 3. The van der Waals surface area contributed by atoms with E-state index in [4.69, 9.17) is 0 Å². The number of rotatable bonds is 5. The molecule has 3 amide bonds. The van der Waals surface area contributed by atoms with E-state index >= 15 is 0 Å². The first kappa shape index (κ1) is 22.8. The Morgan fingerprint density at radius 3 is 2.53 bits per heavy atom. The maximum Gasteiger partial charge on any atom is 0.405 e. The first-order valence-electron chi connectivity index (χ1n) is 10.3. The highest BCUT2D eigenvalue weighted by Crippen LogP contribution is 2.23. The lowest BCUT2D eigenvalue weighted by molar-refractivity contribution is -0.134. The van der Waals surface area contributed by atoms with Crippen molar-refractivity contribution >= 4 is 23.9 Å². The third kappa shape index (κ3) is 4.98. The van der Waals surface area contributed by atoms with Gasteiger partial charge in [-0.1, -0.05) is 30.3 Å². The Balaban J connectivity index is 1.47. The number of aromatic nitrogens is 2. The fraction of sp³-hybridized carbons (Fsp3) is 0.174. The predicted molar refractivity (Wildman–Crippen MR) is 116 cm³/mol. The molecular weight excluding hydrogens is 448 g/mol. The van der Waals surface area contributed by atoms with Crippen LogP contribution in [-0.4, -0.2) is 44.4 Å². The lowest BCUT2D eigenvalue weighted by Crippen LogP contribution is -2.44. The molecular formula is C23H19F2N5O4. The molecule has 3 aromatic rings. The Morgan fingerprint density at radius 2 is 1.82 bits per heavy atom. The van der Waals surface area contributed by atoms with Crippen molar-refractivity contribution in [2.75, 3.05) is 11.9 Å². The van der Waals surface area contributed by atoms with Crippen LogP contribution in [0.25, 0.3) is 0 Å². The van der Waals surface area contributed by atoms with Crippen LogP contribution in [0, 0.1) is 11.6 Å². The molecule has 9 nitrogen and oxygen atoms in total. The van der Waals surface area contributed by atoms with Crippen molar-refractivity contribution in [3.8, 4) is 0 Å². The fourth-order valence-corrected chi connectivity index (χ4v) is 3.61. The summed E-state index contributed by atoms with van der Waals surface area (Å²) in [6, 6.07) is 10.3. The third-order valence-corrected chi connectivity index (χ3v) is 5.30. The zero-order chi connectivity index (χ0) is 24.2. The van der Waals surface area contributed by atoms with Gasteiger partial charge in [0.05, 0.1) is 5.69 Å². The molecule has 0 radical (unpaired) electrons. The molecule has 0 aliphatic carbocycles. The summed E-state index contributed by atoms with van der Waals surface area (Å²) in [6.07, 6.45) is 0.501. The molecule has 3 N–H and O–H groups in total. The molecule has 4 rings (SSSR count). The van der Waals surface area contributed by atoms with Crippen LogP contribution in [0.15, 0.2) is 54.7 Å². The van der Waals surface area contributed by atoms with Crippen molar-refractivity contribution in [1.82, 2.24) is 20.2 Å². The summed E-state index contributed by atoms with van der Waals surface area (Å²) in [5.74, 6) is -3.32.